The lowest BCUT2D eigenvalue weighted by molar-refractivity contribution is -0.140. The van der Waals surface area contributed by atoms with Crippen LogP contribution in [-0.4, -0.2) is 45.7 Å². The third-order valence-corrected chi connectivity index (χ3v) is 5.34. The van der Waals surface area contributed by atoms with E-state index in [1.54, 1.807) is 6.92 Å². The third kappa shape index (κ3) is 8.06. The molecule has 154 valence electrons. The summed E-state index contributed by atoms with van der Waals surface area (Å²) >= 11 is 0. The first-order valence-corrected chi connectivity index (χ1v) is 9.81. The summed E-state index contributed by atoms with van der Waals surface area (Å²) < 4.78 is 29.8. The largest absolute Gasteiger partial charge is 0.465 e. The molecule has 8 nitrogen and oxygen atoms in total. The average molecular weight is 403 g/mol. The van der Waals surface area contributed by atoms with Crippen molar-refractivity contribution in [3.63, 3.8) is 0 Å². The molecule has 2 rings (SSSR count). The number of nitrogens with one attached hydrogen (secondary N) is 2. The van der Waals surface area contributed by atoms with Crippen LogP contribution in [0.15, 0.2) is 29.2 Å². The van der Waals surface area contributed by atoms with Gasteiger partial charge in [0.1, 0.15) is 0 Å². The van der Waals surface area contributed by atoms with E-state index in [0.717, 1.165) is 6.42 Å². The highest BCUT2D eigenvalue weighted by Gasteiger charge is 2.20. The monoisotopic (exact) mass is 402 g/mol. The number of aliphatic hydroxyl groups excluding tert-OH is 1. The van der Waals surface area contributed by atoms with Crippen LogP contribution in [0.4, 0.5) is 5.69 Å². The minimum absolute atomic E-state index is 0. The molecule has 0 saturated carbocycles. The van der Waals surface area contributed by atoms with Gasteiger partial charge in [0.2, 0.25) is 15.9 Å². The number of amides is 1. The van der Waals surface area contributed by atoms with Crippen molar-refractivity contribution >= 4 is 27.6 Å². The van der Waals surface area contributed by atoms with Crippen LogP contribution in [0.2, 0.25) is 0 Å². The Labute approximate surface area is 161 Å². The summed E-state index contributed by atoms with van der Waals surface area (Å²) in [5.74, 6) is -0.399. The van der Waals surface area contributed by atoms with Gasteiger partial charge in [0.25, 0.3) is 0 Å². The lowest BCUT2D eigenvalue weighted by Gasteiger charge is -2.11. The zero-order valence-corrected chi connectivity index (χ0v) is 16.0. The van der Waals surface area contributed by atoms with Gasteiger partial charge in [-0.25, -0.2) is 13.1 Å². The smallest absolute Gasteiger partial charge is 0.308 e. The number of esters is 1. The van der Waals surface area contributed by atoms with Crippen molar-refractivity contribution < 1.29 is 27.9 Å². The van der Waals surface area contributed by atoms with E-state index in [2.05, 4.69) is 14.8 Å². The Hall–Kier alpha value is -1.97. The number of anilines is 1. The zero-order chi connectivity index (χ0) is 19.7. The molecule has 1 heterocycles. The molecule has 2 atom stereocenters. The molecule has 1 aromatic carbocycles. The molecule has 0 bridgehead atoms. The van der Waals surface area contributed by atoms with Crippen molar-refractivity contribution in [2.45, 2.75) is 39.0 Å². The molecule has 0 spiro atoms. The molecule has 0 aliphatic carbocycles. The van der Waals surface area contributed by atoms with E-state index in [9.17, 15) is 18.0 Å². The van der Waals surface area contributed by atoms with Crippen LogP contribution in [0.25, 0.3) is 0 Å². The summed E-state index contributed by atoms with van der Waals surface area (Å²) in [5, 5.41) is 11.4. The Morgan fingerprint density at radius 1 is 1.33 bits per heavy atom. The van der Waals surface area contributed by atoms with Crippen LogP contribution in [-0.2, 0) is 24.3 Å². The predicted octanol–water partition coefficient (Wildman–Crippen LogP) is 1.76. The number of cyclic esters (lactones) is 1. The van der Waals surface area contributed by atoms with Crippen LogP contribution >= 0.6 is 0 Å². The Bertz CT molecular complexity index is 703. The number of carbonyl (C=O) groups excluding carboxylic acids is 2. The van der Waals surface area contributed by atoms with Crippen LogP contribution in [0.5, 0.6) is 0 Å². The number of aliphatic hydroxyl groups is 1. The maximum atomic E-state index is 11.7. The molecular formula is C18H30N2O6S. The molecule has 2 unspecified atom stereocenters. The number of carbonyl (C=O) groups is 2. The number of sulfonamides is 1. The number of benzene rings is 1. The molecule has 1 amide bonds. The summed E-state index contributed by atoms with van der Waals surface area (Å²) in [6, 6.07) is 5.87. The molecule has 3 N–H and O–H groups in total. The van der Waals surface area contributed by atoms with Crippen molar-refractivity contribution in [1.82, 2.24) is 4.72 Å². The highest BCUT2D eigenvalue weighted by Crippen LogP contribution is 2.15. The maximum Gasteiger partial charge on any atom is 0.308 e. The van der Waals surface area contributed by atoms with Crippen LogP contribution in [0, 0.1) is 11.8 Å². The summed E-state index contributed by atoms with van der Waals surface area (Å²) in [4.78, 5) is 22.2. The Morgan fingerprint density at radius 3 is 2.30 bits per heavy atom. The van der Waals surface area contributed by atoms with Crippen molar-refractivity contribution in [2.75, 3.05) is 25.6 Å². The second kappa shape index (κ2) is 11.7. The predicted molar refractivity (Wildman–Crippen MR) is 104 cm³/mol. The Kier molecular flexibility index (Phi) is 10.8. The van der Waals surface area contributed by atoms with Gasteiger partial charge in [0, 0.05) is 18.2 Å². The molecule has 9 heteroatoms. The van der Waals surface area contributed by atoms with Gasteiger partial charge in [-0.15, -0.1) is 0 Å². The highest BCUT2D eigenvalue weighted by atomic mass is 32.2. The van der Waals surface area contributed by atoms with E-state index in [4.69, 9.17) is 5.11 Å². The molecule has 1 aliphatic rings. The van der Waals surface area contributed by atoms with Gasteiger partial charge >= 0.3 is 5.97 Å². The minimum Gasteiger partial charge on any atom is -0.465 e. The van der Waals surface area contributed by atoms with E-state index < -0.39 is 10.0 Å². The Morgan fingerprint density at radius 2 is 1.93 bits per heavy atom. The fraction of sp³-hybridized carbons (Fsp3) is 0.556. The first-order chi connectivity index (χ1) is 12.2. The number of ether oxygens (including phenoxy) is 1. The molecule has 1 saturated heterocycles. The standard InChI is InChI=1S/C12H18N2O4S.C5H8O2.CH4/c1-9(7-8-15)12(16)14-10-3-5-11(6-4-10)19(17,18)13-2;1-4-2-3-7-5(4)6;/h3-6,9,13,15H,7-8H2,1-2H3,(H,14,16);4H,2-3H2,1H3;1H4. The van der Waals surface area contributed by atoms with Crippen LogP contribution < -0.4 is 10.0 Å². The maximum absolute atomic E-state index is 11.7. The summed E-state index contributed by atoms with van der Waals surface area (Å²) in [5.41, 5.74) is 0.518. The van der Waals surface area contributed by atoms with E-state index >= 15 is 0 Å². The van der Waals surface area contributed by atoms with Gasteiger partial charge < -0.3 is 15.2 Å². The number of rotatable bonds is 6. The van der Waals surface area contributed by atoms with E-state index in [0.29, 0.717) is 18.7 Å². The third-order valence-electron chi connectivity index (χ3n) is 3.91. The minimum atomic E-state index is -3.46. The van der Waals surface area contributed by atoms with Crippen molar-refractivity contribution in [1.29, 1.82) is 0 Å². The second-order valence-corrected chi connectivity index (χ2v) is 7.88. The van der Waals surface area contributed by atoms with Gasteiger partial charge in [0.15, 0.2) is 0 Å². The Balaban J connectivity index is 0.000000708. The number of hydrogen-bond donors (Lipinski definition) is 3. The molecule has 1 aliphatic heterocycles. The molecule has 0 aromatic heterocycles. The van der Waals surface area contributed by atoms with Crippen LogP contribution in [0.1, 0.15) is 34.1 Å². The average Bonchev–Trinajstić information content (AvgIpc) is 2.99. The molecule has 27 heavy (non-hydrogen) atoms. The zero-order valence-electron chi connectivity index (χ0n) is 15.2. The first kappa shape index (κ1) is 25.0. The summed E-state index contributed by atoms with van der Waals surface area (Å²) in [7, 11) is -2.13. The quantitative estimate of drug-likeness (QED) is 0.623. The van der Waals surface area contributed by atoms with Crippen molar-refractivity contribution in [3.8, 4) is 0 Å². The van der Waals surface area contributed by atoms with Gasteiger partial charge in [-0.3, -0.25) is 9.59 Å². The van der Waals surface area contributed by atoms with Crippen LogP contribution in [0.3, 0.4) is 0 Å². The highest BCUT2D eigenvalue weighted by molar-refractivity contribution is 7.89. The van der Waals surface area contributed by atoms with Gasteiger partial charge in [-0.2, -0.15) is 0 Å². The summed E-state index contributed by atoms with van der Waals surface area (Å²) in [6.45, 7) is 4.18. The van der Waals surface area contributed by atoms with E-state index in [1.165, 1.54) is 31.3 Å². The molecule has 1 fully saturated rings. The van der Waals surface area contributed by atoms with E-state index in [1.807, 2.05) is 6.92 Å². The SMILES string of the molecule is C.CC1CCOC1=O.CNS(=O)(=O)c1ccc(NC(=O)C(C)CCO)cc1. The van der Waals surface area contributed by atoms with Crippen molar-refractivity contribution in [2.24, 2.45) is 11.8 Å². The van der Waals surface area contributed by atoms with Gasteiger partial charge in [0.05, 0.1) is 17.4 Å². The molecule has 0 radical (unpaired) electrons. The fourth-order valence-corrected chi connectivity index (χ4v) is 2.75. The fourth-order valence-electron chi connectivity index (χ4n) is 2.02. The normalized spacial score (nSPS) is 17.0. The molecule has 1 aromatic rings. The van der Waals surface area contributed by atoms with Gasteiger partial charge in [-0.05, 0) is 44.2 Å². The van der Waals surface area contributed by atoms with Crippen molar-refractivity contribution in [3.05, 3.63) is 24.3 Å². The number of hydrogen-bond acceptors (Lipinski definition) is 6. The first-order valence-electron chi connectivity index (χ1n) is 8.33. The van der Waals surface area contributed by atoms with E-state index in [-0.39, 0.29) is 42.6 Å². The lowest BCUT2D eigenvalue weighted by atomic mass is 10.1. The second-order valence-electron chi connectivity index (χ2n) is 5.99. The topological polar surface area (TPSA) is 122 Å². The summed E-state index contributed by atoms with van der Waals surface area (Å²) in [6.07, 6.45) is 1.29. The lowest BCUT2D eigenvalue weighted by Crippen LogP contribution is -2.21. The van der Waals surface area contributed by atoms with Gasteiger partial charge in [-0.1, -0.05) is 21.3 Å². The molecular weight excluding hydrogens is 372 g/mol.